The molecule has 1 N–H and O–H groups in total. The van der Waals surface area contributed by atoms with Gasteiger partial charge in [-0.25, -0.2) is 9.18 Å². The van der Waals surface area contributed by atoms with Crippen molar-refractivity contribution in [3.8, 4) is 0 Å². The van der Waals surface area contributed by atoms with Gasteiger partial charge in [-0.3, -0.25) is 4.57 Å². The minimum Gasteiger partial charge on any atom is -0.305 e. The third kappa shape index (κ3) is 4.96. The lowest BCUT2D eigenvalue weighted by atomic mass is 9.87. The van der Waals surface area contributed by atoms with Crippen LogP contribution in [0.1, 0.15) is 48.8 Å². The Hall–Kier alpha value is -2.89. The molecule has 0 aliphatic carbocycles. The Balaban J connectivity index is 1.20. The molecule has 0 bridgehead atoms. The second-order valence-electron chi connectivity index (χ2n) is 9.19. The van der Waals surface area contributed by atoms with E-state index in [2.05, 4.69) is 34.1 Å². The number of hydrogen-bond acceptors (Lipinski definition) is 2. The SMILES string of the molecule is O=c1[nH]c2cc(Cl)ccc2n1C1CCN(CCCC(c2ccccc2)c2ccc(F)cc2)CC1. The van der Waals surface area contributed by atoms with Crippen LogP contribution in [0.3, 0.4) is 0 Å². The molecule has 1 aliphatic rings. The van der Waals surface area contributed by atoms with Crippen LogP contribution >= 0.6 is 11.6 Å². The Morgan fingerprint density at radius 1 is 0.971 bits per heavy atom. The molecule has 176 valence electrons. The van der Waals surface area contributed by atoms with Gasteiger partial charge in [0.15, 0.2) is 0 Å². The van der Waals surface area contributed by atoms with Gasteiger partial charge in [-0.2, -0.15) is 0 Å². The number of nitrogens with one attached hydrogen (secondary N) is 1. The Bertz CT molecular complexity index is 1290. The van der Waals surface area contributed by atoms with Gasteiger partial charge in [-0.05, 0) is 73.7 Å². The number of piperidine rings is 1. The van der Waals surface area contributed by atoms with E-state index in [-0.39, 0.29) is 23.5 Å². The van der Waals surface area contributed by atoms with Gasteiger partial charge in [0, 0.05) is 30.1 Å². The molecule has 1 aliphatic heterocycles. The standard InChI is InChI=1S/C28H29ClFN3O/c29-22-10-13-27-26(19-22)31-28(34)33(27)24-14-17-32(18-15-24)16-4-7-25(20-5-2-1-3-6-20)21-8-11-23(30)12-9-21/h1-3,5-6,8-13,19,24-25H,4,7,14-18H2,(H,31,34). The van der Waals surface area contributed by atoms with Crippen molar-refractivity contribution in [2.24, 2.45) is 0 Å². The molecule has 6 heteroatoms. The predicted molar refractivity (Wildman–Crippen MR) is 136 cm³/mol. The molecule has 4 aromatic rings. The van der Waals surface area contributed by atoms with E-state index in [0.717, 1.165) is 61.9 Å². The van der Waals surface area contributed by atoms with Crippen molar-refractivity contribution in [1.82, 2.24) is 14.5 Å². The van der Waals surface area contributed by atoms with Gasteiger partial charge in [-0.15, -0.1) is 0 Å². The summed E-state index contributed by atoms with van der Waals surface area (Å²) in [5.41, 5.74) is 4.10. The van der Waals surface area contributed by atoms with E-state index in [9.17, 15) is 9.18 Å². The van der Waals surface area contributed by atoms with Gasteiger partial charge < -0.3 is 9.88 Å². The molecule has 0 spiro atoms. The highest BCUT2D eigenvalue weighted by Gasteiger charge is 2.24. The van der Waals surface area contributed by atoms with Crippen molar-refractivity contribution in [1.29, 1.82) is 0 Å². The van der Waals surface area contributed by atoms with Gasteiger partial charge in [0.25, 0.3) is 0 Å². The molecule has 5 rings (SSSR count). The third-order valence-corrected chi connectivity index (χ3v) is 7.28. The molecule has 1 atom stereocenters. The number of aromatic nitrogens is 2. The molecule has 0 amide bonds. The Morgan fingerprint density at radius 2 is 1.68 bits per heavy atom. The second kappa shape index (κ2) is 10.2. The fourth-order valence-electron chi connectivity index (χ4n) is 5.29. The van der Waals surface area contributed by atoms with Crippen LogP contribution in [0.15, 0.2) is 77.6 Å². The Morgan fingerprint density at radius 3 is 2.41 bits per heavy atom. The summed E-state index contributed by atoms with van der Waals surface area (Å²) in [5.74, 6) is 0.0619. The number of nitrogens with zero attached hydrogens (tertiary/aromatic N) is 2. The van der Waals surface area contributed by atoms with Crippen LogP contribution in [0.5, 0.6) is 0 Å². The number of imidazole rings is 1. The van der Waals surface area contributed by atoms with Gasteiger partial charge in [0.1, 0.15) is 5.82 Å². The first-order valence-corrected chi connectivity index (χ1v) is 12.4. The fraction of sp³-hybridized carbons (Fsp3) is 0.321. The minimum atomic E-state index is -0.198. The first kappa shape index (κ1) is 22.9. The number of benzene rings is 3. The zero-order valence-electron chi connectivity index (χ0n) is 19.1. The van der Waals surface area contributed by atoms with Gasteiger partial charge >= 0.3 is 5.69 Å². The number of aromatic amines is 1. The largest absolute Gasteiger partial charge is 0.326 e. The molecule has 0 radical (unpaired) electrons. The summed E-state index contributed by atoms with van der Waals surface area (Å²) >= 11 is 6.09. The zero-order chi connectivity index (χ0) is 23.5. The monoisotopic (exact) mass is 477 g/mol. The van der Waals surface area contributed by atoms with Crippen LogP contribution in [-0.2, 0) is 0 Å². The van der Waals surface area contributed by atoms with E-state index in [1.165, 1.54) is 5.56 Å². The number of rotatable bonds is 7. The normalized spacial score (nSPS) is 16.2. The van der Waals surface area contributed by atoms with Crippen molar-refractivity contribution < 1.29 is 4.39 Å². The first-order valence-electron chi connectivity index (χ1n) is 12.0. The molecule has 1 unspecified atom stereocenters. The van der Waals surface area contributed by atoms with E-state index in [1.807, 2.05) is 41.0 Å². The van der Waals surface area contributed by atoms with Crippen molar-refractivity contribution in [3.63, 3.8) is 0 Å². The number of fused-ring (bicyclic) bond motifs is 1. The lowest BCUT2D eigenvalue weighted by molar-refractivity contribution is 0.183. The summed E-state index contributed by atoms with van der Waals surface area (Å²) in [5, 5.41) is 0.630. The van der Waals surface area contributed by atoms with E-state index >= 15 is 0 Å². The number of likely N-dealkylation sites (tertiary alicyclic amines) is 1. The fourth-order valence-corrected chi connectivity index (χ4v) is 5.46. The number of H-pyrrole nitrogens is 1. The smallest absolute Gasteiger partial charge is 0.305 e. The van der Waals surface area contributed by atoms with Crippen LogP contribution < -0.4 is 5.69 Å². The summed E-state index contributed by atoms with van der Waals surface area (Å²) in [6, 6.07) is 23.2. The average Bonchev–Trinajstić information content (AvgIpc) is 3.18. The molecule has 34 heavy (non-hydrogen) atoms. The van der Waals surface area contributed by atoms with Crippen molar-refractivity contribution in [2.75, 3.05) is 19.6 Å². The maximum Gasteiger partial charge on any atom is 0.326 e. The van der Waals surface area contributed by atoms with Gasteiger partial charge in [0.05, 0.1) is 11.0 Å². The van der Waals surface area contributed by atoms with E-state index in [1.54, 1.807) is 12.1 Å². The second-order valence-corrected chi connectivity index (χ2v) is 9.63. The minimum absolute atomic E-state index is 0.0549. The Labute approximate surface area is 204 Å². The quantitative estimate of drug-likeness (QED) is 0.336. The van der Waals surface area contributed by atoms with E-state index in [0.29, 0.717) is 5.02 Å². The van der Waals surface area contributed by atoms with Crippen molar-refractivity contribution in [2.45, 2.75) is 37.6 Å². The van der Waals surface area contributed by atoms with Crippen molar-refractivity contribution in [3.05, 3.63) is 105 Å². The van der Waals surface area contributed by atoms with Gasteiger partial charge in [-0.1, -0.05) is 54.1 Å². The van der Waals surface area contributed by atoms with Crippen LogP contribution in [0.25, 0.3) is 11.0 Å². The molecule has 1 aromatic heterocycles. The van der Waals surface area contributed by atoms with E-state index < -0.39 is 0 Å². The van der Waals surface area contributed by atoms with Crippen LogP contribution in [0, 0.1) is 5.82 Å². The summed E-state index contributed by atoms with van der Waals surface area (Å²) in [4.78, 5) is 18.0. The molecular formula is C28H29ClFN3O. The molecule has 0 saturated carbocycles. The highest BCUT2D eigenvalue weighted by Crippen LogP contribution is 2.30. The Kier molecular flexibility index (Phi) is 6.84. The number of halogens is 2. The molecule has 1 saturated heterocycles. The summed E-state index contributed by atoms with van der Waals surface area (Å²) in [6.45, 7) is 2.98. The summed E-state index contributed by atoms with van der Waals surface area (Å²) < 4.78 is 15.4. The van der Waals surface area contributed by atoms with Crippen LogP contribution in [0.4, 0.5) is 4.39 Å². The lowest BCUT2D eigenvalue weighted by Gasteiger charge is -2.33. The zero-order valence-corrected chi connectivity index (χ0v) is 19.8. The molecule has 1 fully saturated rings. The maximum absolute atomic E-state index is 13.5. The highest BCUT2D eigenvalue weighted by molar-refractivity contribution is 6.31. The predicted octanol–water partition coefficient (Wildman–Crippen LogP) is 6.37. The van der Waals surface area contributed by atoms with Crippen LogP contribution in [-0.4, -0.2) is 34.1 Å². The van der Waals surface area contributed by atoms with E-state index in [4.69, 9.17) is 11.6 Å². The molecular weight excluding hydrogens is 449 g/mol. The lowest BCUT2D eigenvalue weighted by Crippen LogP contribution is -2.37. The maximum atomic E-state index is 13.5. The summed E-state index contributed by atoms with van der Waals surface area (Å²) in [7, 11) is 0. The number of hydrogen-bond donors (Lipinski definition) is 1. The van der Waals surface area contributed by atoms with Crippen LogP contribution in [0.2, 0.25) is 5.02 Å². The summed E-state index contributed by atoms with van der Waals surface area (Å²) in [6.07, 6.45) is 3.98. The molecule has 2 heterocycles. The average molecular weight is 478 g/mol. The van der Waals surface area contributed by atoms with Gasteiger partial charge in [0.2, 0.25) is 0 Å². The molecule has 4 nitrogen and oxygen atoms in total. The first-order chi connectivity index (χ1) is 16.6. The topological polar surface area (TPSA) is 41.0 Å². The molecule has 3 aromatic carbocycles. The third-order valence-electron chi connectivity index (χ3n) is 7.04. The highest BCUT2D eigenvalue weighted by atomic mass is 35.5. The van der Waals surface area contributed by atoms with Crippen molar-refractivity contribution >= 4 is 22.6 Å².